The van der Waals surface area contributed by atoms with Crippen LogP contribution in [0, 0.1) is 0 Å². The third-order valence-corrected chi connectivity index (χ3v) is 3.37. The van der Waals surface area contributed by atoms with E-state index in [1.807, 2.05) is 13.8 Å². The first kappa shape index (κ1) is 13.8. The molecule has 0 amide bonds. The maximum atomic E-state index is 10.8. The van der Waals surface area contributed by atoms with Crippen molar-refractivity contribution in [3.05, 3.63) is 34.6 Å². The van der Waals surface area contributed by atoms with Crippen molar-refractivity contribution < 1.29 is 9.90 Å². The van der Waals surface area contributed by atoms with E-state index in [1.165, 1.54) is 17.6 Å². The minimum atomic E-state index is -1.05. The molecule has 0 aliphatic heterocycles. The molecule has 100 valence electrons. The molecule has 1 aromatic heterocycles. The molecule has 19 heavy (non-hydrogen) atoms. The highest BCUT2D eigenvalue weighted by Gasteiger charge is 2.11. The van der Waals surface area contributed by atoms with Gasteiger partial charge in [-0.1, -0.05) is 25.4 Å². The summed E-state index contributed by atoms with van der Waals surface area (Å²) in [6, 6.07) is 4.66. The Morgan fingerprint density at radius 3 is 2.74 bits per heavy atom. The zero-order valence-corrected chi connectivity index (χ0v) is 11.9. The van der Waals surface area contributed by atoms with Gasteiger partial charge in [0.25, 0.3) is 0 Å². The van der Waals surface area contributed by atoms with E-state index < -0.39 is 5.97 Å². The van der Waals surface area contributed by atoms with Gasteiger partial charge in [-0.25, -0.2) is 9.78 Å². The van der Waals surface area contributed by atoms with E-state index in [9.17, 15) is 4.79 Å². The summed E-state index contributed by atoms with van der Waals surface area (Å²) in [5.41, 5.74) is 0.758. The minimum absolute atomic E-state index is 0.0762. The maximum absolute atomic E-state index is 10.8. The fourth-order valence-electron chi connectivity index (χ4n) is 1.41. The van der Waals surface area contributed by atoms with Gasteiger partial charge in [0.05, 0.1) is 10.6 Å². The first-order valence-corrected chi connectivity index (χ1v) is 6.76. The van der Waals surface area contributed by atoms with Crippen LogP contribution in [-0.2, 0) is 0 Å². The van der Waals surface area contributed by atoms with Crippen molar-refractivity contribution in [3.63, 3.8) is 0 Å². The highest BCUT2D eigenvalue weighted by atomic mass is 35.5. The van der Waals surface area contributed by atoms with Crippen LogP contribution in [0.25, 0.3) is 0 Å². The van der Waals surface area contributed by atoms with Crippen molar-refractivity contribution in [2.24, 2.45) is 0 Å². The molecule has 0 aliphatic carbocycles. The topological polar surface area (TPSA) is 75.1 Å². The molecule has 0 unspecified atom stereocenters. The number of carboxylic acid groups (broad SMARTS) is 1. The fraction of sp³-hybridized carbons (Fsp3) is 0.250. The van der Waals surface area contributed by atoms with Gasteiger partial charge in [-0.2, -0.15) is 4.37 Å². The van der Waals surface area contributed by atoms with Crippen LogP contribution >= 0.6 is 23.1 Å². The number of hydrogen-bond donors (Lipinski definition) is 2. The molecular weight excluding hydrogens is 286 g/mol. The second-order valence-electron chi connectivity index (χ2n) is 4.24. The zero-order chi connectivity index (χ0) is 14.0. The molecule has 0 bridgehead atoms. The van der Waals surface area contributed by atoms with Gasteiger partial charge in [0, 0.05) is 23.1 Å². The zero-order valence-electron chi connectivity index (χ0n) is 10.3. The Labute approximate surface area is 119 Å². The van der Waals surface area contributed by atoms with Crippen LogP contribution in [0.5, 0.6) is 0 Å². The van der Waals surface area contributed by atoms with Crippen molar-refractivity contribution in [2.75, 3.05) is 5.32 Å². The smallest absolute Gasteiger partial charge is 0.337 e. The monoisotopic (exact) mass is 297 g/mol. The van der Waals surface area contributed by atoms with E-state index >= 15 is 0 Å². The number of halogens is 1. The van der Waals surface area contributed by atoms with Crippen LogP contribution in [0.15, 0.2) is 18.2 Å². The summed E-state index contributed by atoms with van der Waals surface area (Å²) in [7, 11) is 0. The van der Waals surface area contributed by atoms with Gasteiger partial charge >= 0.3 is 5.97 Å². The Morgan fingerprint density at radius 1 is 1.47 bits per heavy atom. The van der Waals surface area contributed by atoms with E-state index in [1.54, 1.807) is 12.1 Å². The predicted molar refractivity (Wildman–Crippen MR) is 75.7 cm³/mol. The second kappa shape index (κ2) is 5.54. The first-order chi connectivity index (χ1) is 8.97. The normalized spacial score (nSPS) is 10.7. The number of aromatic carboxylic acids is 1. The van der Waals surface area contributed by atoms with Crippen LogP contribution in [0.2, 0.25) is 5.02 Å². The number of hydrogen-bond acceptors (Lipinski definition) is 5. The molecule has 1 heterocycles. The molecule has 0 fully saturated rings. The van der Waals surface area contributed by atoms with Crippen molar-refractivity contribution in [3.8, 4) is 0 Å². The lowest BCUT2D eigenvalue weighted by atomic mass is 10.2. The Balaban J connectivity index is 2.19. The quantitative estimate of drug-likeness (QED) is 0.899. The summed E-state index contributed by atoms with van der Waals surface area (Å²) in [5.74, 6) is 0.0000803. The Bertz CT molecular complexity index is 613. The van der Waals surface area contributed by atoms with Crippen molar-refractivity contribution in [2.45, 2.75) is 19.8 Å². The largest absolute Gasteiger partial charge is 0.478 e. The Kier molecular flexibility index (Phi) is 4.01. The van der Waals surface area contributed by atoms with Crippen LogP contribution in [0.3, 0.4) is 0 Å². The number of rotatable bonds is 4. The molecule has 7 heteroatoms. The highest BCUT2D eigenvalue weighted by Crippen LogP contribution is 2.25. The van der Waals surface area contributed by atoms with Crippen molar-refractivity contribution in [1.82, 2.24) is 9.36 Å². The van der Waals surface area contributed by atoms with Crippen molar-refractivity contribution in [1.29, 1.82) is 0 Å². The third-order valence-electron chi connectivity index (χ3n) is 2.41. The fourth-order valence-corrected chi connectivity index (χ4v) is 2.40. The first-order valence-electron chi connectivity index (χ1n) is 5.61. The number of nitrogens with zero attached hydrogens (tertiary/aromatic N) is 2. The van der Waals surface area contributed by atoms with Gasteiger partial charge in [-0.15, -0.1) is 0 Å². The standard InChI is InChI=1S/C12H12ClN3O2S/c1-6(2)10-15-12(19-16-10)14-7-3-4-8(11(17)18)9(13)5-7/h3-6H,1-2H3,(H,17,18)(H,14,15,16). The SMILES string of the molecule is CC(C)c1nsc(Nc2ccc(C(=O)O)c(Cl)c2)n1. The lowest BCUT2D eigenvalue weighted by Crippen LogP contribution is -1.98. The number of aromatic nitrogens is 2. The molecule has 2 aromatic rings. The summed E-state index contributed by atoms with van der Waals surface area (Å²) < 4.78 is 4.22. The number of carbonyl (C=O) groups is 1. The summed E-state index contributed by atoms with van der Waals surface area (Å²) in [4.78, 5) is 15.2. The van der Waals surface area contributed by atoms with Gasteiger partial charge in [-0.05, 0) is 18.2 Å². The Morgan fingerprint density at radius 2 is 2.21 bits per heavy atom. The molecule has 2 rings (SSSR count). The molecular formula is C12H12ClN3O2S. The minimum Gasteiger partial charge on any atom is -0.478 e. The molecule has 0 saturated carbocycles. The van der Waals surface area contributed by atoms with E-state index in [-0.39, 0.29) is 16.5 Å². The van der Waals surface area contributed by atoms with Crippen LogP contribution in [0.1, 0.15) is 35.9 Å². The highest BCUT2D eigenvalue weighted by molar-refractivity contribution is 7.09. The number of benzene rings is 1. The number of carboxylic acids is 1. The van der Waals surface area contributed by atoms with E-state index in [0.29, 0.717) is 10.8 Å². The molecule has 1 aromatic carbocycles. The van der Waals surface area contributed by atoms with Gasteiger partial charge in [0.15, 0.2) is 0 Å². The average Bonchev–Trinajstić information content (AvgIpc) is 2.77. The van der Waals surface area contributed by atoms with E-state index in [0.717, 1.165) is 5.82 Å². The summed E-state index contributed by atoms with van der Waals surface area (Å²) in [5, 5.41) is 12.8. The average molecular weight is 298 g/mol. The summed E-state index contributed by atoms with van der Waals surface area (Å²) in [6.45, 7) is 4.04. The predicted octanol–water partition coefficient (Wildman–Crippen LogP) is 3.76. The Hall–Kier alpha value is -1.66. The molecule has 0 aliphatic rings. The lowest BCUT2D eigenvalue weighted by molar-refractivity contribution is 0.0697. The molecule has 0 radical (unpaired) electrons. The maximum Gasteiger partial charge on any atom is 0.337 e. The van der Waals surface area contributed by atoms with Gasteiger partial charge in [0.1, 0.15) is 5.82 Å². The van der Waals surface area contributed by atoms with Crippen LogP contribution < -0.4 is 5.32 Å². The molecule has 0 saturated heterocycles. The molecule has 2 N–H and O–H groups in total. The third kappa shape index (κ3) is 3.21. The van der Waals surface area contributed by atoms with E-state index in [2.05, 4.69) is 14.7 Å². The number of nitrogens with one attached hydrogen (secondary N) is 1. The molecule has 0 spiro atoms. The van der Waals surface area contributed by atoms with Crippen LogP contribution in [0.4, 0.5) is 10.8 Å². The van der Waals surface area contributed by atoms with Gasteiger partial charge < -0.3 is 10.4 Å². The number of anilines is 2. The van der Waals surface area contributed by atoms with Gasteiger partial charge in [0.2, 0.25) is 5.13 Å². The summed E-state index contributed by atoms with van der Waals surface area (Å²) >= 11 is 7.15. The van der Waals surface area contributed by atoms with Crippen molar-refractivity contribution >= 4 is 39.9 Å². The summed E-state index contributed by atoms with van der Waals surface area (Å²) in [6.07, 6.45) is 0. The second-order valence-corrected chi connectivity index (χ2v) is 5.40. The van der Waals surface area contributed by atoms with Gasteiger partial charge in [-0.3, -0.25) is 0 Å². The molecule has 0 atom stereocenters. The lowest BCUT2D eigenvalue weighted by Gasteiger charge is -2.04. The van der Waals surface area contributed by atoms with E-state index in [4.69, 9.17) is 16.7 Å². The molecule has 5 nitrogen and oxygen atoms in total. The van der Waals surface area contributed by atoms with Crippen LogP contribution in [-0.4, -0.2) is 20.4 Å².